The van der Waals surface area contributed by atoms with Crippen LogP contribution in [0, 0.1) is 0 Å². The molecule has 1 aromatic heterocycles. The van der Waals surface area contributed by atoms with Crippen LogP contribution in [0.1, 0.15) is 33.1 Å². The van der Waals surface area contributed by atoms with Crippen molar-refractivity contribution in [3.8, 4) is 22.8 Å². The summed E-state index contributed by atoms with van der Waals surface area (Å²) in [5.74, 6) is 0.103. The van der Waals surface area contributed by atoms with Crippen LogP contribution < -0.4 is 10.1 Å². The largest absolute Gasteiger partial charge is 0.573 e. The monoisotopic (exact) mass is 448 g/mol. The van der Waals surface area contributed by atoms with Gasteiger partial charge in [-0.3, -0.25) is 5.32 Å². The number of carbonyl (C=O) groups is 1. The van der Waals surface area contributed by atoms with E-state index in [4.69, 9.17) is 4.74 Å². The lowest BCUT2D eigenvalue weighted by Gasteiger charge is -2.13. The van der Waals surface area contributed by atoms with Gasteiger partial charge in [0.2, 0.25) is 0 Å². The predicted molar refractivity (Wildman–Crippen MR) is 113 cm³/mol. The van der Waals surface area contributed by atoms with Crippen molar-refractivity contribution in [2.75, 3.05) is 5.32 Å². The van der Waals surface area contributed by atoms with Gasteiger partial charge in [-0.15, -0.1) is 18.3 Å². The number of carbonyl (C=O) groups excluding carboxylic acids is 1. The molecule has 0 aliphatic carbocycles. The first-order valence-electron chi connectivity index (χ1n) is 10.1. The Morgan fingerprint density at radius 2 is 1.81 bits per heavy atom. The maximum absolute atomic E-state index is 12.3. The van der Waals surface area contributed by atoms with Crippen LogP contribution >= 0.6 is 0 Å². The smallest absolute Gasteiger partial charge is 0.446 e. The lowest BCUT2D eigenvalue weighted by Crippen LogP contribution is -2.20. The second kappa shape index (κ2) is 10.2. The minimum atomic E-state index is -4.74. The molecular weight excluding hydrogens is 425 g/mol. The number of nitrogens with zero attached hydrogens (tertiary/aromatic N) is 3. The van der Waals surface area contributed by atoms with E-state index in [1.807, 2.05) is 6.92 Å². The number of benzene rings is 2. The van der Waals surface area contributed by atoms with E-state index in [9.17, 15) is 18.0 Å². The van der Waals surface area contributed by atoms with Crippen molar-refractivity contribution in [1.82, 2.24) is 14.8 Å². The topological polar surface area (TPSA) is 78.3 Å². The maximum Gasteiger partial charge on any atom is 0.573 e. The normalized spacial score (nSPS) is 12.3. The Hall–Kier alpha value is -3.56. The minimum absolute atomic E-state index is 0.156. The summed E-state index contributed by atoms with van der Waals surface area (Å²) in [6, 6.07) is 12.2. The van der Waals surface area contributed by atoms with Gasteiger partial charge in [-0.05, 0) is 61.9 Å². The first-order chi connectivity index (χ1) is 15.2. The summed E-state index contributed by atoms with van der Waals surface area (Å²) in [5.41, 5.74) is 1.80. The molecule has 0 bridgehead atoms. The third kappa shape index (κ3) is 6.73. The summed E-state index contributed by atoms with van der Waals surface area (Å²) in [5, 5.41) is 7.03. The van der Waals surface area contributed by atoms with Gasteiger partial charge in [-0.1, -0.05) is 19.8 Å². The van der Waals surface area contributed by atoms with E-state index in [2.05, 4.69) is 27.1 Å². The molecule has 0 fully saturated rings. The third-order valence-electron chi connectivity index (χ3n) is 4.49. The standard InChI is InChI=1S/C22H23F3N4O3/c1-3-4-5-15(2)31-21(30)27-17-8-6-16(7-9-17)20-26-14-29(28-20)18-10-12-19(13-11-18)32-22(23,24)25/h6-15H,3-5H2,1-2H3,(H,27,30). The van der Waals surface area contributed by atoms with E-state index in [-0.39, 0.29) is 11.9 Å². The molecule has 1 heterocycles. The molecule has 1 amide bonds. The average molecular weight is 448 g/mol. The van der Waals surface area contributed by atoms with Crippen molar-refractivity contribution >= 4 is 11.8 Å². The van der Waals surface area contributed by atoms with Gasteiger partial charge in [0.1, 0.15) is 18.2 Å². The zero-order valence-electron chi connectivity index (χ0n) is 17.6. The molecule has 0 saturated carbocycles. The molecule has 3 aromatic rings. The van der Waals surface area contributed by atoms with Gasteiger partial charge in [-0.2, -0.15) is 0 Å². The highest BCUT2D eigenvalue weighted by atomic mass is 19.4. The highest BCUT2D eigenvalue weighted by Gasteiger charge is 2.31. The molecule has 0 spiro atoms. The Labute approximate surface area is 183 Å². The summed E-state index contributed by atoms with van der Waals surface area (Å²) in [7, 11) is 0. The van der Waals surface area contributed by atoms with Gasteiger partial charge < -0.3 is 9.47 Å². The number of halogens is 3. The zero-order valence-corrected chi connectivity index (χ0v) is 17.6. The van der Waals surface area contributed by atoms with Crippen molar-refractivity contribution in [1.29, 1.82) is 0 Å². The second-order valence-corrected chi connectivity index (χ2v) is 7.11. The predicted octanol–water partition coefficient (Wildman–Crippen LogP) is 5.96. The number of nitrogens with one attached hydrogen (secondary N) is 1. The number of aromatic nitrogens is 3. The van der Waals surface area contributed by atoms with Gasteiger partial charge >= 0.3 is 12.5 Å². The van der Waals surface area contributed by atoms with Crippen molar-refractivity contribution in [2.24, 2.45) is 0 Å². The van der Waals surface area contributed by atoms with Crippen molar-refractivity contribution in [3.63, 3.8) is 0 Å². The van der Waals surface area contributed by atoms with Gasteiger partial charge in [0.15, 0.2) is 5.82 Å². The van der Waals surface area contributed by atoms with E-state index in [1.54, 1.807) is 24.3 Å². The van der Waals surface area contributed by atoms with Crippen molar-refractivity contribution in [3.05, 3.63) is 54.9 Å². The minimum Gasteiger partial charge on any atom is -0.446 e. The fourth-order valence-corrected chi connectivity index (χ4v) is 2.90. The molecule has 1 atom stereocenters. The number of ether oxygens (including phenoxy) is 2. The molecule has 1 N–H and O–H groups in total. The molecule has 170 valence electrons. The van der Waals surface area contributed by atoms with Gasteiger partial charge in [-0.25, -0.2) is 14.5 Å². The number of hydrogen-bond acceptors (Lipinski definition) is 5. The lowest BCUT2D eigenvalue weighted by molar-refractivity contribution is -0.274. The SMILES string of the molecule is CCCCC(C)OC(=O)Nc1ccc(-c2ncn(-c3ccc(OC(F)(F)F)cc3)n2)cc1. The van der Waals surface area contributed by atoms with Gasteiger partial charge in [0.25, 0.3) is 0 Å². The van der Waals surface area contributed by atoms with Gasteiger partial charge in [0, 0.05) is 11.3 Å². The van der Waals surface area contributed by atoms with Crippen molar-refractivity contribution in [2.45, 2.75) is 45.6 Å². The van der Waals surface area contributed by atoms with Crippen LogP contribution in [0.3, 0.4) is 0 Å². The highest BCUT2D eigenvalue weighted by molar-refractivity contribution is 5.85. The van der Waals surface area contributed by atoms with Crippen LogP contribution in [-0.4, -0.2) is 33.3 Å². The number of hydrogen-bond donors (Lipinski definition) is 1. The quantitative estimate of drug-likeness (QED) is 0.460. The molecule has 32 heavy (non-hydrogen) atoms. The maximum atomic E-state index is 12.3. The van der Waals surface area contributed by atoms with E-state index in [0.717, 1.165) is 19.3 Å². The van der Waals surface area contributed by atoms with Crippen LogP contribution in [0.4, 0.5) is 23.7 Å². The molecule has 3 rings (SSSR count). The Morgan fingerprint density at radius 1 is 1.12 bits per heavy atom. The first-order valence-corrected chi connectivity index (χ1v) is 10.1. The summed E-state index contributed by atoms with van der Waals surface area (Å²) in [6.07, 6.45) is -1.11. The average Bonchev–Trinajstić information content (AvgIpc) is 3.22. The molecular formula is C22H23F3N4O3. The summed E-state index contributed by atoms with van der Waals surface area (Å²) in [4.78, 5) is 16.2. The Morgan fingerprint density at radius 3 is 2.44 bits per heavy atom. The second-order valence-electron chi connectivity index (χ2n) is 7.11. The number of anilines is 1. The fourth-order valence-electron chi connectivity index (χ4n) is 2.90. The Bertz CT molecular complexity index is 1020. The molecule has 1 unspecified atom stereocenters. The highest BCUT2D eigenvalue weighted by Crippen LogP contribution is 2.24. The first kappa shape index (κ1) is 23.1. The van der Waals surface area contributed by atoms with Crippen LogP contribution in [0.2, 0.25) is 0 Å². The summed E-state index contributed by atoms with van der Waals surface area (Å²) in [6.45, 7) is 3.94. The molecule has 0 radical (unpaired) electrons. The fraction of sp³-hybridized carbons (Fsp3) is 0.318. The van der Waals surface area contributed by atoms with E-state index >= 15 is 0 Å². The molecule has 0 aliphatic heterocycles. The Balaban J connectivity index is 1.61. The summed E-state index contributed by atoms with van der Waals surface area (Å²) < 4.78 is 47.4. The number of rotatable bonds is 8. The van der Waals surface area contributed by atoms with Crippen LogP contribution in [-0.2, 0) is 4.74 Å². The van der Waals surface area contributed by atoms with Crippen LogP contribution in [0.5, 0.6) is 5.75 Å². The van der Waals surface area contributed by atoms with Crippen molar-refractivity contribution < 1.29 is 27.4 Å². The molecule has 2 aromatic carbocycles. The molecule has 0 aliphatic rings. The van der Waals surface area contributed by atoms with E-state index < -0.39 is 12.5 Å². The van der Waals surface area contributed by atoms with Crippen LogP contribution in [0.15, 0.2) is 54.9 Å². The lowest BCUT2D eigenvalue weighted by atomic mass is 10.2. The van der Waals surface area contributed by atoms with E-state index in [0.29, 0.717) is 22.8 Å². The third-order valence-corrected chi connectivity index (χ3v) is 4.49. The van der Waals surface area contributed by atoms with Crippen LogP contribution in [0.25, 0.3) is 17.1 Å². The number of unbranched alkanes of at least 4 members (excludes halogenated alkanes) is 1. The summed E-state index contributed by atoms with van der Waals surface area (Å²) >= 11 is 0. The zero-order chi connectivity index (χ0) is 23.1. The van der Waals surface area contributed by atoms with E-state index in [1.165, 1.54) is 35.3 Å². The van der Waals surface area contributed by atoms with Gasteiger partial charge in [0.05, 0.1) is 5.69 Å². The molecule has 7 nitrogen and oxygen atoms in total. The Kier molecular flexibility index (Phi) is 7.34. The molecule has 0 saturated heterocycles. The number of amides is 1. The number of alkyl halides is 3. The molecule has 10 heteroatoms.